The second-order valence-corrected chi connectivity index (χ2v) is 6.22. The Morgan fingerprint density at radius 3 is 2.32 bits per heavy atom. The first-order valence-corrected chi connectivity index (χ1v) is 8.10. The summed E-state index contributed by atoms with van der Waals surface area (Å²) in [5.74, 6) is -0.297. The van der Waals surface area contributed by atoms with Crippen molar-refractivity contribution in [1.29, 1.82) is 0 Å². The topological polar surface area (TPSA) is 28.5 Å². The predicted molar refractivity (Wildman–Crippen MR) is 95.4 cm³/mol. The highest BCUT2D eigenvalue weighted by atomic mass is 19.1. The predicted octanol–water partition coefficient (Wildman–Crippen LogP) is 3.84. The SMILES string of the molecule is CN1C(=O)c2ccccc2N(C)[C@H]1c1ccn(-c2ccccc2F)c1. The number of carbonyl (C=O) groups is 1. The van der Waals surface area contributed by atoms with Gasteiger partial charge in [-0.05, 0) is 30.3 Å². The first-order chi connectivity index (χ1) is 12.1. The minimum absolute atomic E-state index is 0.0164. The lowest BCUT2D eigenvalue weighted by Gasteiger charge is -2.41. The summed E-state index contributed by atoms with van der Waals surface area (Å²) in [6, 6.07) is 16.1. The van der Waals surface area contributed by atoms with Crippen LogP contribution in [0, 0.1) is 5.82 Å². The van der Waals surface area contributed by atoms with Crippen LogP contribution in [0.1, 0.15) is 22.1 Å². The number of para-hydroxylation sites is 2. The largest absolute Gasteiger partial charge is 0.350 e. The summed E-state index contributed by atoms with van der Waals surface area (Å²) < 4.78 is 15.8. The van der Waals surface area contributed by atoms with Crippen molar-refractivity contribution in [2.45, 2.75) is 6.17 Å². The van der Waals surface area contributed by atoms with Gasteiger partial charge in [-0.2, -0.15) is 0 Å². The molecule has 1 atom stereocenters. The first-order valence-electron chi connectivity index (χ1n) is 8.10. The zero-order chi connectivity index (χ0) is 17.6. The zero-order valence-electron chi connectivity index (χ0n) is 14.1. The maximum absolute atomic E-state index is 14.0. The van der Waals surface area contributed by atoms with E-state index in [2.05, 4.69) is 4.90 Å². The van der Waals surface area contributed by atoms with Gasteiger partial charge in [0.1, 0.15) is 12.0 Å². The van der Waals surface area contributed by atoms with Gasteiger partial charge in [0.15, 0.2) is 0 Å². The van der Waals surface area contributed by atoms with Crippen LogP contribution in [-0.2, 0) is 0 Å². The number of hydrogen-bond donors (Lipinski definition) is 0. The van der Waals surface area contributed by atoms with Crippen molar-refractivity contribution in [2.75, 3.05) is 19.0 Å². The number of nitrogens with zero attached hydrogens (tertiary/aromatic N) is 3. The van der Waals surface area contributed by atoms with Crippen molar-refractivity contribution in [3.63, 3.8) is 0 Å². The zero-order valence-corrected chi connectivity index (χ0v) is 14.1. The summed E-state index contributed by atoms with van der Waals surface area (Å²) in [5.41, 5.74) is 3.00. The smallest absolute Gasteiger partial charge is 0.257 e. The van der Waals surface area contributed by atoms with Gasteiger partial charge < -0.3 is 14.4 Å². The Labute approximate surface area is 145 Å². The number of aromatic nitrogens is 1. The van der Waals surface area contributed by atoms with Crippen LogP contribution < -0.4 is 4.90 Å². The van der Waals surface area contributed by atoms with Crippen LogP contribution >= 0.6 is 0 Å². The first kappa shape index (κ1) is 15.4. The van der Waals surface area contributed by atoms with Crippen molar-refractivity contribution >= 4 is 11.6 Å². The minimum Gasteiger partial charge on any atom is -0.350 e. The minimum atomic E-state index is -0.281. The molecule has 0 aliphatic carbocycles. The second-order valence-electron chi connectivity index (χ2n) is 6.22. The van der Waals surface area contributed by atoms with E-state index in [1.54, 1.807) is 34.7 Å². The van der Waals surface area contributed by atoms with Gasteiger partial charge in [-0.1, -0.05) is 24.3 Å². The number of carbonyl (C=O) groups excluding carboxylic acids is 1. The van der Waals surface area contributed by atoms with Crippen LogP contribution in [0.5, 0.6) is 0 Å². The van der Waals surface area contributed by atoms with Crippen LogP contribution in [0.25, 0.3) is 5.69 Å². The highest BCUT2D eigenvalue weighted by Crippen LogP contribution is 2.36. The number of anilines is 1. The lowest BCUT2D eigenvalue weighted by atomic mass is 10.0. The second kappa shape index (κ2) is 5.77. The maximum atomic E-state index is 14.0. The van der Waals surface area contributed by atoms with Gasteiger partial charge in [-0.15, -0.1) is 0 Å². The molecule has 0 unspecified atom stereocenters. The van der Waals surface area contributed by atoms with E-state index in [1.807, 2.05) is 49.8 Å². The molecule has 0 fully saturated rings. The fraction of sp³-hybridized carbons (Fsp3) is 0.150. The van der Waals surface area contributed by atoms with E-state index in [1.165, 1.54) is 6.07 Å². The number of benzene rings is 2. The van der Waals surface area contributed by atoms with Crippen molar-refractivity contribution < 1.29 is 9.18 Å². The molecule has 2 heterocycles. The highest BCUT2D eigenvalue weighted by Gasteiger charge is 2.34. The molecule has 0 N–H and O–H groups in total. The molecule has 126 valence electrons. The molecule has 0 saturated heterocycles. The molecule has 0 bridgehead atoms. The Morgan fingerprint density at radius 2 is 1.56 bits per heavy atom. The van der Waals surface area contributed by atoms with Crippen LogP contribution in [0.15, 0.2) is 67.0 Å². The fourth-order valence-corrected chi connectivity index (χ4v) is 3.48. The van der Waals surface area contributed by atoms with E-state index < -0.39 is 0 Å². The van der Waals surface area contributed by atoms with Crippen molar-refractivity contribution in [3.05, 3.63) is 83.9 Å². The molecular weight excluding hydrogens is 317 g/mol. The molecule has 5 heteroatoms. The van der Waals surface area contributed by atoms with Crippen molar-refractivity contribution in [1.82, 2.24) is 9.47 Å². The Bertz CT molecular complexity index is 949. The van der Waals surface area contributed by atoms with Gasteiger partial charge in [-0.3, -0.25) is 4.79 Å². The number of hydrogen-bond acceptors (Lipinski definition) is 2. The molecule has 4 nitrogen and oxygen atoms in total. The molecule has 1 amide bonds. The molecule has 4 rings (SSSR count). The third kappa shape index (κ3) is 2.39. The van der Waals surface area contributed by atoms with E-state index >= 15 is 0 Å². The maximum Gasteiger partial charge on any atom is 0.257 e. The van der Waals surface area contributed by atoms with E-state index in [-0.39, 0.29) is 17.9 Å². The average molecular weight is 335 g/mol. The number of amides is 1. The lowest BCUT2D eigenvalue weighted by Crippen LogP contribution is -2.45. The van der Waals surface area contributed by atoms with Gasteiger partial charge in [0.05, 0.1) is 16.9 Å². The number of rotatable bonds is 2. The van der Waals surface area contributed by atoms with Crippen molar-refractivity contribution in [2.24, 2.45) is 0 Å². The summed E-state index contributed by atoms with van der Waals surface area (Å²) in [4.78, 5) is 16.5. The van der Waals surface area contributed by atoms with Crippen LogP contribution in [0.3, 0.4) is 0 Å². The van der Waals surface area contributed by atoms with Gasteiger partial charge in [0, 0.05) is 32.1 Å². The molecule has 0 spiro atoms. The van der Waals surface area contributed by atoms with E-state index in [0.29, 0.717) is 11.3 Å². The normalized spacial score (nSPS) is 16.9. The molecule has 25 heavy (non-hydrogen) atoms. The summed E-state index contributed by atoms with van der Waals surface area (Å²) >= 11 is 0. The fourth-order valence-electron chi connectivity index (χ4n) is 3.48. The van der Waals surface area contributed by atoms with Crippen LogP contribution in [0.4, 0.5) is 10.1 Å². The molecule has 3 aromatic rings. The quantitative estimate of drug-likeness (QED) is 0.712. The van der Waals surface area contributed by atoms with Gasteiger partial charge in [-0.25, -0.2) is 4.39 Å². The van der Waals surface area contributed by atoms with Gasteiger partial charge in [0.2, 0.25) is 0 Å². The summed E-state index contributed by atoms with van der Waals surface area (Å²) in [7, 11) is 3.76. The van der Waals surface area contributed by atoms with Crippen LogP contribution in [-0.4, -0.2) is 29.5 Å². The molecule has 1 aliphatic heterocycles. The standard InChI is InChI=1S/C20H18FN3O/c1-22-17-9-5-3-7-15(17)20(25)23(2)19(22)14-11-12-24(13-14)18-10-6-4-8-16(18)21/h3-13,19H,1-2H3/t19-/m1/s1. The lowest BCUT2D eigenvalue weighted by molar-refractivity contribution is 0.0711. The number of fused-ring (bicyclic) bond motifs is 1. The Kier molecular flexibility index (Phi) is 3.57. The summed E-state index contributed by atoms with van der Waals surface area (Å²) in [6.07, 6.45) is 3.45. The number of halogens is 1. The Hall–Kier alpha value is -3.08. The average Bonchev–Trinajstić information content (AvgIpc) is 3.10. The molecule has 0 saturated carbocycles. The third-order valence-corrected chi connectivity index (χ3v) is 4.71. The monoisotopic (exact) mass is 335 g/mol. The van der Waals surface area contributed by atoms with E-state index in [4.69, 9.17) is 0 Å². The molecule has 1 aliphatic rings. The van der Waals surface area contributed by atoms with Crippen molar-refractivity contribution in [3.8, 4) is 5.69 Å². The molecule has 1 aromatic heterocycles. The molecule has 0 radical (unpaired) electrons. The third-order valence-electron chi connectivity index (χ3n) is 4.71. The summed E-state index contributed by atoms with van der Waals surface area (Å²) in [6.45, 7) is 0. The molecular formula is C20H18FN3O. The van der Waals surface area contributed by atoms with Crippen LogP contribution in [0.2, 0.25) is 0 Å². The van der Waals surface area contributed by atoms with Gasteiger partial charge >= 0.3 is 0 Å². The molecule has 2 aromatic carbocycles. The highest BCUT2D eigenvalue weighted by molar-refractivity contribution is 6.01. The summed E-state index contributed by atoms with van der Waals surface area (Å²) in [5, 5.41) is 0. The Balaban J connectivity index is 1.76. The Morgan fingerprint density at radius 1 is 0.880 bits per heavy atom. The van der Waals surface area contributed by atoms with E-state index in [0.717, 1.165) is 11.3 Å². The van der Waals surface area contributed by atoms with E-state index in [9.17, 15) is 9.18 Å². The van der Waals surface area contributed by atoms with Gasteiger partial charge in [0.25, 0.3) is 5.91 Å².